The van der Waals surface area contributed by atoms with Crippen molar-refractivity contribution in [1.82, 2.24) is 0 Å². The van der Waals surface area contributed by atoms with Crippen LogP contribution in [0.3, 0.4) is 0 Å². The highest BCUT2D eigenvalue weighted by Gasteiger charge is 2.12. The molecule has 0 bridgehead atoms. The number of halogens is 1. The van der Waals surface area contributed by atoms with Crippen molar-refractivity contribution in [2.45, 2.75) is 13.0 Å². The molecule has 70 valence electrons. The number of hydrogen-bond donors (Lipinski definition) is 1. The first-order chi connectivity index (χ1) is 6.15. The molecule has 1 N–H and O–H groups in total. The Morgan fingerprint density at radius 1 is 1.38 bits per heavy atom. The van der Waals surface area contributed by atoms with Crippen molar-refractivity contribution >= 4 is 15.9 Å². The summed E-state index contributed by atoms with van der Waals surface area (Å²) in [6.45, 7) is 5.60. The van der Waals surface area contributed by atoms with Gasteiger partial charge in [-0.2, -0.15) is 0 Å². The molecule has 0 saturated heterocycles. The summed E-state index contributed by atoms with van der Waals surface area (Å²) in [5, 5.41) is 9.79. The minimum atomic E-state index is -0.453. The molecule has 1 rings (SSSR count). The third kappa shape index (κ3) is 2.68. The van der Waals surface area contributed by atoms with Crippen molar-refractivity contribution in [3.8, 4) is 0 Å². The lowest BCUT2D eigenvalue weighted by atomic mass is 9.98. The highest BCUT2D eigenvalue weighted by molar-refractivity contribution is 9.10. The molecule has 2 atom stereocenters. The molecule has 0 radical (unpaired) electrons. The van der Waals surface area contributed by atoms with Gasteiger partial charge in [-0.05, 0) is 17.7 Å². The molecule has 1 nitrogen and oxygen atoms in total. The zero-order valence-electron chi connectivity index (χ0n) is 7.57. The van der Waals surface area contributed by atoms with Crippen LogP contribution in [-0.4, -0.2) is 5.11 Å². The van der Waals surface area contributed by atoms with Crippen LogP contribution in [0.5, 0.6) is 0 Å². The van der Waals surface area contributed by atoms with E-state index in [-0.39, 0.29) is 5.92 Å². The summed E-state index contributed by atoms with van der Waals surface area (Å²) in [5.41, 5.74) is 0.926. The topological polar surface area (TPSA) is 20.2 Å². The third-order valence-electron chi connectivity index (χ3n) is 2.08. The fraction of sp³-hybridized carbons (Fsp3) is 0.273. The maximum atomic E-state index is 9.79. The Morgan fingerprint density at radius 2 is 1.92 bits per heavy atom. The van der Waals surface area contributed by atoms with E-state index in [9.17, 15) is 5.11 Å². The molecule has 2 heteroatoms. The maximum absolute atomic E-state index is 9.79. The molecular formula is C11H13BrO. The first-order valence-electron chi connectivity index (χ1n) is 4.21. The summed E-state index contributed by atoms with van der Waals surface area (Å²) in [7, 11) is 0. The highest BCUT2D eigenvalue weighted by atomic mass is 79.9. The lowest BCUT2D eigenvalue weighted by Gasteiger charge is -2.15. The van der Waals surface area contributed by atoms with Gasteiger partial charge in [0, 0.05) is 10.4 Å². The van der Waals surface area contributed by atoms with Crippen LogP contribution >= 0.6 is 15.9 Å². The quantitative estimate of drug-likeness (QED) is 0.805. The van der Waals surface area contributed by atoms with Crippen LogP contribution in [0.15, 0.2) is 41.4 Å². The molecule has 0 unspecified atom stereocenters. The van der Waals surface area contributed by atoms with Crippen LogP contribution in [0.25, 0.3) is 0 Å². The van der Waals surface area contributed by atoms with E-state index in [4.69, 9.17) is 0 Å². The van der Waals surface area contributed by atoms with E-state index < -0.39 is 6.10 Å². The Bertz CT molecular complexity index is 279. The van der Waals surface area contributed by atoms with Crippen molar-refractivity contribution in [2.75, 3.05) is 0 Å². The van der Waals surface area contributed by atoms with Crippen LogP contribution in [0.4, 0.5) is 0 Å². The molecule has 0 aliphatic rings. The number of aliphatic hydroxyl groups is 1. The van der Waals surface area contributed by atoms with Gasteiger partial charge in [0.25, 0.3) is 0 Å². The largest absolute Gasteiger partial charge is 0.388 e. The molecule has 0 aliphatic carbocycles. The molecule has 0 heterocycles. The first kappa shape index (κ1) is 10.5. The van der Waals surface area contributed by atoms with Crippen LogP contribution in [0.1, 0.15) is 18.6 Å². The minimum Gasteiger partial charge on any atom is -0.388 e. The van der Waals surface area contributed by atoms with Crippen LogP contribution < -0.4 is 0 Å². The van der Waals surface area contributed by atoms with Gasteiger partial charge in [-0.1, -0.05) is 41.1 Å². The second kappa shape index (κ2) is 4.58. The smallest absolute Gasteiger partial charge is 0.0849 e. The van der Waals surface area contributed by atoms with E-state index in [1.165, 1.54) is 0 Å². The zero-order chi connectivity index (χ0) is 9.84. The van der Waals surface area contributed by atoms with E-state index in [0.29, 0.717) is 0 Å². The summed E-state index contributed by atoms with van der Waals surface area (Å²) in [5.74, 6) is 0.0844. The third-order valence-corrected chi connectivity index (χ3v) is 2.61. The summed E-state index contributed by atoms with van der Waals surface area (Å²) in [6, 6.07) is 7.67. The van der Waals surface area contributed by atoms with Gasteiger partial charge in [-0.25, -0.2) is 0 Å². The molecule has 13 heavy (non-hydrogen) atoms. The normalized spacial score (nSPS) is 15.0. The van der Waals surface area contributed by atoms with Crippen molar-refractivity contribution in [2.24, 2.45) is 5.92 Å². The Balaban J connectivity index is 2.82. The van der Waals surface area contributed by atoms with E-state index in [1.54, 1.807) is 6.08 Å². The standard InChI is InChI=1S/C11H13BrO/c1-3-8(2)11(13)9-4-6-10(12)7-5-9/h3-8,11,13H,1H2,2H3/t8-,11+/m1/s1. The van der Waals surface area contributed by atoms with E-state index in [0.717, 1.165) is 10.0 Å². The molecule has 1 aromatic carbocycles. The summed E-state index contributed by atoms with van der Waals surface area (Å²) < 4.78 is 1.02. The van der Waals surface area contributed by atoms with Crippen molar-refractivity contribution in [1.29, 1.82) is 0 Å². The second-order valence-corrected chi connectivity index (χ2v) is 4.01. The van der Waals surface area contributed by atoms with Gasteiger partial charge in [0.05, 0.1) is 6.10 Å². The fourth-order valence-corrected chi connectivity index (χ4v) is 1.36. The van der Waals surface area contributed by atoms with Gasteiger partial charge in [-0.3, -0.25) is 0 Å². The Kier molecular flexibility index (Phi) is 3.70. The SMILES string of the molecule is C=C[C@@H](C)[C@H](O)c1ccc(Br)cc1. The minimum absolute atomic E-state index is 0.0844. The average molecular weight is 241 g/mol. The number of rotatable bonds is 3. The summed E-state index contributed by atoms with van der Waals surface area (Å²) in [4.78, 5) is 0. The van der Waals surface area contributed by atoms with Gasteiger partial charge in [0.15, 0.2) is 0 Å². The summed E-state index contributed by atoms with van der Waals surface area (Å²) >= 11 is 3.35. The average Bonchev–Trinajstić information content (AvgIpc) is 2.17. The van der Waals surface area contributed by atoms with Gasteiger partial charge >= 0.3 is 0 Å². The number of aliphatic hydroxyl groups excluding tert-OH is 1. The molecule has 0 aromatic heterocycles. The lowest BCUT2D eigenvalue weighted by molar-refractivity contribution is 0.140. The highest BCUT2D eigenvalue weighted by Crippen LogP contribution is 2.23. The molecule has 0 aliphatic heterocycles. The second-order valence-electron chi connectivity index (χ2n) is 3.09. The van der Waals surface area contributed by atoms with Crippen molar-refractivity contribution in [3.63, 3.8) is 0 Å². The lowest BCUT2D eigenvalue weighted by Crippen LogP contribution is -2.05. The van der Waals surface area contributed by atoms with Gasteiger partial charge in [0.2, 0.25) is 0 Å². The van der Waals surface area contributed by atoms with Crippen molar-refractivity contribution in [3.05, 3.63) is 47.0 Å². The Labute approximate surface area is 87.2 Å². The molecule has 0 fully saturated rings. The molecule has 0 amide bonds. The fourth-order valence-electron chi connectivity index (χ4n) is 1.09. The molecule has 0 saturated carbocycles. The van der Waals surface area contributed by atoms with Crippen molar-refractivity contribution < 1.29 is 5.11 Å². The monoisotopic (exact) mass is 240 g/mol. The van der Waals surface area contributed by atoms with E-state index in [2.05, 4.69) is 22.5 Å². The van der Waals surface area contributed by atoms with Crippen LogP contribution in [0, 0.1) is 5.92 Å². The predicted octanol–water partition coefficient (Wildman–Crippen LogP) is 3.30. The van der Waals surface area contributed by atoms with Gasteiger partial charge in [-0.15, -0.1) is 6.58 Å². The predicted molar refractivity (Wildman–Crippen MR) is 58.5 cm³/mol. The molecule has 1 aromatic rings. The van der Waals surface area contributed by atoms with E-state index in [1.807, 2.05) is 31.2 Å². The molecule has 0 spiro atoms. The molecular weight excluding hydrogens is 228 g/mol. The van der Waals surface area contributed by atoms with Crippen LogP contribution in [0.2, 0.25) is 0 Å². The maximum Gasteiger partial charge on any atom is 0.0849 e. The zero-order valence-corrected chi connectivity index (χ0v) is 9.16. The number of benzene rings is 1. The Morgan fingerprint density at radius 3 is 2.38 bits per heavy atom. The van der Waals surface area contributed by atoms with E-state index >= 15 is 0 Å². The van der Waals surface area contributed by atoms with Crippen LogP contribution in [-0.2, 0) is 0 Å². The van der Waals surface area contributed by atoms with Gasteiger partial charge < -0.3 is 5.11 Å². The first-order valence-corrected chi connectivity index (χ1v) is 5.00. The Hall–Kier alpha value is -0.600. The van der Waals surface area contributed by atoms with Gasteiger partial charge in [0.1, 0.15) is 0 Å². The summed E-state index contributed by atoms with van der Waals surface area (Å²) in [6.07, 6.45) is 1.30. The number of hydrogen-bond acceptors (Lipinski definition) is 1.